The minimum absolute atomic E-state index is 0.592. The molecule has 0 saturated heterocycles. The van der Waals surface area contributed by atoms with Crippen LogP contribution in [0.3, 0.4) is 0 Å². The van der Waals surface area contributed by atoms with Crippen molar-refractivity contribution in [1.29, 1.82) is 0 Å². The first-order chi connectivity index (χ1) is 12.4. The molecule has 1 aliphatic carbocycles. The van der Waals surface area contributed by atoms with Crippen molar-refractivity contribution in [3.05, 3.63) is 41.6 Å². The van der Waals surface area contributed by atoms with E-state index in [9.17, 15) is 0 Å². The summed E-state index contributed by atoms with van der Waals surface area (Å²) in [5.41, 5.74) is 3.63. The van der Waals surface area contributed by atoms with Gasteiger partial charge in [-0.15, -0.1) is 0 Å². The summed E-state index contributed by atoms with van der Waals surface area (Å²) in [7, 11) is 0. The number of nitrogens with one attached hydrogen (secondary N) is 3. The van der Waals surface area contributed by atoms with Crippen molar-refractivity contribution in [2.45, 2.75) is 38.0 Å². The molecule has 3 heterocycles. The Bertz CT molecular complexity index is 699. The zero-order valence-electron chi connectivity index (χ0n) is 14.6. The number of aromatic nitrogens is 3. The molecule has 3 N–H and O–H groups in total. The summed E-state index contributed by atoms with van der Waals surface area (Å²) >= 11 is 0. The van der Waals surface area contributed by atoms with E-state index in [1.54, 1.807) is 6.20 Å². The Morgan fingerprint density at radius 2 is 1.96 bits per heavy atom. The predicted octanol–water partition coefficient (Wildman–Crippen LogP) is 2.35. The van der Waals surface area contributed by atoms with Crippen LogP contribution < -0.4 is 16.0 Å². The molecular weight excluding hydrogens is 312 g/mol. The van der Waals surface area contributed by atoms with E-state index >= 15 is 0 Å². The van der Waals surface area contributed by atoms with Gasteiger partial charge in [-0.2, -0.15) is 0 Å². The predicted molar refractivity (Wildman–Crippen MR) is 100 cm³/mol. The van der Waals surface area contributed by atoms with E-state index in [4.69, 9.17) is 9.97 Å². The molecular formula is C19H26N6. The van der Waals surface area contributed by atoms with Crippen LogP contribution in [0.4, 0.5) is 11.5 Å². The summed E-state index contributed by atoms with van der Waals surface area (Å²) in [4.78, 5) is 13.9. The van der Waals surface area contributed by atoms with Crippen LogP contribution in [0.15, 0.2) is 24.5 Å². The molecule has 2 aromatic heterocycles. The Morgan fingerprint density at radius 1 is 1.08 bits per heavy atom. The molecule has 0 spiro atoms. The number of pyridine rings is 1. The SMILES string of the molecule is c1cncc(NCCCNc2nc(C3CC3)nc3c2CCNCC3)c1. The molecule has 2 aliphatic rings. The summed E-state index contributed by atoms with van der Waals surface area (Å²) in [5, 5.41) is 10.4. The second kappa shape index (κ2) is 7.78. The van der Waals surface area contributed by atoms with Crippen molar-refractivity contribution in [1.82, 2.24) is 20.3 Å². The average Bonchev–Trinajstić information content (AvgIpc) is 3.49. The van der Waals surface area contributed by atoms with Crippen molar-refractivity contribution in [3.63, 3.8) is 0 Å². The largest absolute Gasteiger partial charge is 0.384 e. The topological polar surface area (TPSA) is 74.8 Å². The Labute approximate surface area is 148 Å². The van der Waals surface area contributed by atoms with Gasteiger partial charge in [-0.05, 0) is 44.4 Å². The maximum absolute atomic E-state index is 4.87. The lowest BCUT2D eigenvalue weighted by Crippen LogP contribution is -2.16. The Hall–Kier alpha value is -2.21. The van der Waals surface area contributed by atoms with Gasteiger partial charge in [-0.3, -0.25) is 4.98 Å². The molecule has 0 amide bonds. The maximum Gasteiger partial charge on any atom is 0.134 e. The van der Waals surface area contributed by atoms with Gasteiger partial charge in [0.2, 0.25) is 0 Å². The highest BCUT2D eigenvalue weighted by molar-refractivity contribution is 5.48. The third kappa shape index (κ3) is 4.25. The van der Waals surface area contributed by atoms with Crippen LogP contribution in [-0.2, 0) is 12.8 Å². The van der Waals surface area contributed by atoms with Crippen molar-refractivity contribution >= 4 is 11.5 Å². The number of hydrogen-bond donors (Lipinski definition) is 3. The number of anilines is 2. The third-order valence-electron chi connectivity index (χ3n) is 4.78. The molecule has 1 aliphatic heterocycles. The molecule has 6 nitrogen and oxygen atoms in total. The Morgan fingerprint density at radius 3 is 2.80 bits per heavy atom. The number of rotatable bonds is 7. The van der Waals surface area contributed by atoms with Crippen LogP contribution in [0.1, 0.15) is 42.3 Å². The smallest absolute Gasteiger partial charge is 0.134 e. The second-order valence-electron chi connectivity index (χ2n) is 6.83. The van der Waals surface area contributed by atoms with Crippen molar-refractivity contribution in [2.24, 2.45) is 0 Å². The molecule has 0 aromatic carbocycles. The van der Waals surface area contributed by atoms with Crippen LogP contribution in [0.2, 0.25) is 0 Å². The molecule has 25 heavy (non-hydrogen) atoms. The van der Waals surface area contributed by atoms with E-state index < -0.39 is 0 Å². The normalized spacial score (nSPS) is 16.8. The summed E-state index contributed by atoms with van der Waals surface area (Å²) in [6, 6.07) is 3.99. The van der Waals surface area contributed by atoms with Crippen molar-refractivity contribution in [2.75, 3.05) is 36.8 Å². The molecule has 0 radical (unpaired) electrons. The Kier molecular flexibility index (Phi) is 5.06. The lowest BCUT2D eigenvalue weighted by atomic mass is 10.1. The lowest BCUT2D eigenvalue weighted by Gasteiger charge is -2.15. The molecule has 0 bridgehead atoms. The van der Waals surface area contributed by atoms with Crippen molar-refractivity contribution < 1.29 is 0 Å². The van der Waals surface area contributed by atoms with Gasteiger partial charge in [-0.25, -0.2) is 9.97 Å². The van der Waals surface area contributed by atoms with Gasteiger partial charge in [0.1, 0.15) is 11.6 Å². The van der Waals surface area contributed by atoms with Crippen LogP contribution in [0.25, 0.3) is 0 Å². The summed E-state index contributed by atoms with van der Waals surface area (Å²) in [6.45, 7) is 3.86. The quantitative estimate of drug-likeness (QED) is 0.673. The van der Waals surface area contributed by atoms with Gasteiger partial charge in [0.05, 0.1) is 11.4 Å². The molecule has 0 atom stereocenters. The lowest BCUT2D eigenvalue weighted by molar-refractivity contribution is 0.707. The van der Waals surface area contributed by atoms with Gasteiger partial charge in [0.15, 0.2) is 0 Å². The first kappa shape index (κ1) is 16.3. The standard InChI is InChI=1S/C19H26N6/c1-3-15(13-21-8-1)22-9-2-10-23-19-16-6-11-20-12-7-17(16)24-18(25-19)14-4-5-14/h1,3,8,13-14,20,22H,2,4-7,9-12H2,(H,23,24,25). The summed E-state index contributed by atoms with van der Waals surface area (Å²) in [6.07, 6.45) is 9.18. The summed E-state index contributed by atoms with van der Waals surface area (Å²) < 4.78 is 0. The van der Waals surface area contributed by atoms with Gasteiger partial charge in [-0.1, -0.05) is 0 Å². The maximum atomic E-state index is 4.87. The third-order valence-corrected chi connectivity index (χ3v) is 4.78. The van der Waals surface area contributed by atoms with E-state index in [1.807, 2.05) is 18.3 Å². The van der Waals surface area contributed by atoms with E-state index in [0.29, 0.717) is 5.92 Å². The highest BCUT2D eigenvalue weighted by Crippen LogP contribution is 2.39. The first-order valence-corrected chi connectivity index (χ1v) is 9.38. The molecule has 4 rings (SSSR count). The van der Waals surface area contributed by atoms with Crippen LogP contribution >= 0.6 is 0 Å². The highest BCUT2D eigenvalue weighted by atomic mass is 15.1. The van der Waals surface area contributed by atoms with E-state index in [1.165, 1.54) is 24.1 Å². The number of nitrogens with zero attached hydrogens (tertiary/aromatic N) is 3. The van der Waals surface area contributed by atoms with Crippen LogP contribution in [0.5, 0.6) is 0 Å². The van der Waals surface area contributed by atoms with Gasteiger partial charge in [0.25, 0.3) is 0 Å². The fourth-order valence-electron chi connectivity index (χ4n) is 3.23. The van der Waals surface area contributed by atoms with Crippen LogP contribution in [-0.4, -0.2) is 41.1 Å². The van der Waals surface area contributed by atoms with Gasteiger partial charge < -0.3 is 16.0 Å². The van der Waals surface area contributed by atoms with Crippen molar-refractivity contribution in [3.8, 4) is 0 Å². The minimum Gasteiger partial charge on any atom is -0.384 e. The van der Waals surface area contributed by atoms with Gasteiger partial charge in [0, 0.05) is 49.9 Å². The zero-order valence-corrected chi connectivity index (χ0v) is 14.6. The summed E-state index contributed by atoms with van der Waals surface area (Å²) in [5.74, 6) is 2.71. The van der Waals surface area contributed by atoms with E-state index in [-0.39, 0.29) is 0 Å². The monoisotopic (exact) mass is 338 g/mol. The highest BCUT2D eigenvalue weighted by Gasteiger charge is 2.28. The second-order valence-corrected chi connectivity index (χ2v) is 6.83. The molecule has 1 fully saturated rings. The Balaban J connectivity index is 1.36. The zero-order chi connectivity index (χ0) is 16.9. The molecule has 132 valence electrons. The molecule has 2 aromatic rings. The number of hydrogen-bond acceptors (Lipinski definition) is 6. The van der Waals surface area contributed by atoms with E-state index in [2.05, 4.69) is 20.9 Å². The first-order valence-electron chi connectivity index (χ1n) is 9.38. The fraction of sp³-hybridized carbons (Fsp3) is 0.526. The van der Waals surface area contributed by atoms with Gasteiger partial charge >= 0.3 is 0 Å². The average molecular weight is 338 g/mol. The minimum atomic E-state index is 0.592. The fourth-order valence-corrected chi connectivity index (χ4v) is 3.23. The van der Waals surface area contributed by atoms with Crippen LogP contribution in [0, 0.1) is 0 Å². The number of fused-ring (bicyclic) bond motifs is 1. The molecule has 1 saturated carbocycles. The molecule has 6 heteroatoms. The van der Waals surface area contributed by atoms with E-state index in [0.717, 1.165) is 62.8 Å². The molecule has 0 unspecified atom stereocenters.